The van der Waals surface area contributed by atoms with E-state index in [0.717, 1.165) is 40.0 Å². The number of benzene rings is 1. The van der Waals surface area contributed by atoms with Gasteiger partial charge in [0.15, 0.2) is 11.5 Å². The van der Waals surface area contributed by atoms with Crippen molar-refractivity contribution >= 4 is 17.0 Å². The van der Waals surface area contributed by atoms with Gasteiger partial charge in [0, 0.05) is 24.2 Å². The Labute approximate surface area is 146 Å². The number of nitrogens with zero attached hydrogens (tertiary/aromatic N) is 2. The van der Waals surface area contributed by atoms with Gasteiger partial charge in [-0.3, -0.25) is 9.89 Å². The number of aromatic nitrogens is 3. The number of H-pyrrole nitrogens is 1. The summed E-state index contributed by atoms with van der Waals surface area (Å²) < 4.78 is 5.73. The summed E-state index contributed by atoms with van der Waals surface area (Å²) in [6.45, 7) is 6.22. The third-order valence-electron chi connectivity index (χ3n) is 4.23. The standard InChI is InChI=1S/C18H23N5O2/c1-10-6-7-13-14(9-10)25-15(21-13)5-4-8-20-18(24)17(19)16-11(2)22-23-12(16)3/h6-7,9,17H,4-5,8,19H2,1-3H3,(H,20,24)(H,22,23)/t17-/m0/s1. The van der Waals surface area contributed by atoms with E-state index in [-0.39, 0.29) is 5.91 Å². The molecule has 0 aliphatic heterocycles. The van der Waals surface area contributed by atoms with Crippen molar-refractivity contribution in [3.8, 4) is 0 Å². The minimum absolute atomic E-state index is 0.208. The maximum atomic E-state index is 12.2. The average molecular weight is 341 g/mol. The summed E-state index contributed by atoms with van der Waals surface area (Å²) in [4.78, 5) is 16.7. The molecule has 25 heavy (non-hydrogen) atoms. The smallest absolute Gasteiger partial charge is 0.241 e. The number of nitrogens with two attached hydrogens (primary N) is 1. The molecule has 1 amide bonds. The summed E-state index contributed by atoms with van der Waals surface area (Å²) in [6, 6.07) is 5.22. The van der Waals surface area contributed by atoms with Gasteiger partial charge in [-0.25, -0.2) is 4.98 Å². The van der Waals surface area contributed by atoms with Gasteiger partial charge in [0.05, 0.1) is 5.69 Å². The Morgan fingerprint density at radius 2 is 2.16 bits per heavy atom. The number of oxazole rings is 1. The highest BCUT2D eigenvalue weighted by molar-refractivity contribution is 5.83. The number of aromatic amines is 1. The molecule has 1 atom stereocenters. The summed E-state index contributed by atoms with van der Waals surface area (Å²) in [5.41, 5.74) is 11.2. The van der Waals surface area contributed by atoms with Crippen molar-refractivity contribution < 1.29 is 9.21 Å². The van der Waals surface area contributed by atoms with E-state index in [2.05, 4.69) is 20.5 Å². The van der Waals surface area contributed by atoms with Crippen molar-refractivity contribution in [1.29, 1.82) is 0 Å². The molecule has 4 N–H and O–H groups in total. The maximum Gasteiger partial charge on any atom is 0.241 e. The summed E-state index contributed by atoms with van der Waals surface area (Å²) in [6.07, 6.45) is 1.39. The predicted molar refractivity (Wildman–Crippen MR) is 95.1 cm³/mol. The van der Waals surface area contributed by atoms with E-state index in [4.69, 9.17) is 10.2 Å². The molecule has 132 valence electrons. The maximum absolute atomic E-state index is 12.2. The largest absolute Gasteiger partial charge is 0.441 e. The molecule has 0 aliphatic carbocycles. The third-order valence-corrected chi connectivity index (χ3v) is 4.23. The molecule has 0 aliphatic rings. The van der Waals surface area contributed by atoms with Gasteiger partial charge in [-0.2, -0.15) is 5.10 Å². The molecule has 0 unspecified atom stereocenters. The van der Waals surface area contributed by atoms with Crippen LogP contribution < -0.4 is 11.1 Å². The van der Waals surface area contributed by atoms with Crippen molar-refractivity contribution in [3.05, 3.63) is 46.6 Å². The molecule has 0 saturated heterocycles. The minimum Gasteiger partial charge on any atom is -0.441 e. The van der Waals surface area contributed by atoms with E-state index < -0.39 is 6.04 Å². The molecule has 0 saturated carbocycles. The minimum atomic E-state index is -0.717. The zero-order chi connectivity index (χ0) is 18.0. The van der Waals surface area contributed by atoms with Crippen LogP contribution in [0.3, 0.4) is 0 Å². The van der Waals surface area contributed by atoms with Crippen LogP contribution in [0.1, 0.15) is 40.9 Å². The van der Waals surface area contributed by atoms with Gasteiger partial charge in [0.25, 0.3) is 0 Å². The molecular formula is C18H23N5O2. The Morgan fingerprint density at radius 3 is 2.88 bits per heavy atom. The number of hydrogen-bond acceptors (Lipinski definition) is 5. The first-order chi connectivity index (χ1) is 12.0. The number of fused-ring (bicyclic) bond motifs is 1. The summed E-state index contributed by atoms with van der Waals surface area (Å²) in [5.74, 6) is 0.474. The predicted octanol–water partition coefficient (Wildman–Crippen LogP) is 2.22. The average Bonchev–Trinajstić information content (AvgIpc) is 3.13. The van der Waals surface area contributed by atoms with Crippen LogP contribution in [0.15, 0.2) is 22.6 Å². The van der Waals surface area contributed by atoms with Crippen molar-refractivity contribution in [2.45, 2.75) is 39.7 Å². The lowest BCUT2D eigenvalue weighted by Gasteiger charge is -2.12. The second-order valence-electron chi connectivity index (χ2n) is 6.30. The Kier molecular flexibility index (Phi) is 4.85. The number of carbonyl (C=O) groups is 1. The topological polar surface area (TPSA) is 110 Å². The number of carbonyl (C=O) groups excluding carboxylic acids is 1. The monoisotopic (exact) mass is 341 g/mol. The van der Waals surface area contributed by atoms with E-state index in [9.17, 15) is 4.79 Å². The summed E-state index contributed by atoms with van der Waals surface area (Å²) in [7, 11) is 0. The van der Waals surface area contributed by atoms with Crippen LogP contribution in [0, 0.1) is 20.8 Å². The fourth-order valence-corrected chi connectivity index (χ4v) is 2.90. The summed E-state index contributed by atoms with van der Waals surface area (Å²) >= 11 is 0. The lowest BCUT2D eigenvalue weighted by molar-refractivity contribution is -0.122. The van der Waals surface area contributed by atoms with Gasteiger partial charge in [-0.05, 0) is 44.9 Å². The number of nitrogens with one attached hydrogen (secondary N) is 2. The molecule has 7 nitrogen and oxygen atoms in total. The quantitative estimate of drug-likeness (QED) is 0.596. The highest BCUT2D eigenvalue weighted by Gasteiger charge is 2.21. The zero-order valence-electron chi connectivity index (χ0n) is 14.7. The van der Waals surface area contributed by atoms with Crippen LogP contribution in [0.2, 0.25) is 0 Å². The third kappa shape index (κ3) is 3.71. The number of amides is 1. The molecule has 7 heteroatoms. The molecule has 2 heterocycles. The first-order valence-corrected chi connectivity index (χ1v) is 8.36. The van der Waals surface area contributed by atoms with Crippen molar-refractivity contribution in [2.24, 2.45) is 5.73 Å². The van der Waals surface area contributed by atoms with Crippen LogP contribution in [0.4, 0.5) is 0 Å². The molecule has 1 aromatic carbocycles. The lowest BCUT2D eigenvalue weighted by atomic mass is 10.1. The highest BCUT2D eigenvalue weighted by Crippen LogP contribution is 2.19. The van der Waals surface area contributed by atoms with Crippen LogP contribution >= 0.6 is 0 Å². The Balaban J connectivity index is 1.51. The molecular weight excluding hydrogens is 318 g/mol. The van der Waals surface area contributed by atoms with Gasteiger partial charge in [-0.15, -0.1) is 0 Å². The van der Waals surface area contributed by atoms with Crippen LogP contribution in [-0.4, -0.2) is 27.6 Å². The number of aryl methyl sites for hydroxylation is 4. The first kappa shape index (κ1) is 17.2. The van der Waals surface area contributed by atoms with Crippen LogP contribution in [-0.2, 0) is 11.2 Å². The fourth-order valence-electron chi connectivity index (χ4n) is 2.90. The molecule has 0 fully saturated rings. The summed E-state index contributed by atoms with van der Waals surface area (Å²) in [5, 5.41) is 9.79. The SMILES string of the molecule is Cc1ccc2nc(CCCNC(=O)[C@@H](N)c3c(C)n[nH]c3C)oc2c1. The van der Waals surface area contributed by atoms with Gasteiger partial charge in [0.2, 0.25) is 5.91 Å². The first-order valence-electron chi connectivity index (χ1n) is 8.36. The van der Waals surface area contributed by atoms with Gasteiger partial charge < -0.3 is 15.5 Å². The molecule has 0 spiro atoms. The van der Waals surface area contributed by atoms with E-state index in [1.54, 1.807) is 0 Å². The van der Waals surface area contributed by atoms with E-state index >= 15 is 0 Å². The molecule has 2 aromatic heterocycles. The molecule has 3 aromatic rings. The van der Waals surface area contributed by atoms with Crippen molar-refractivity contribution in [2.75, 3.05) is 6.54 Å². The highest BCUT2D eigenvalue weighted by atomic mass is 16.3. The zero-order valence-corrected chi connectivity index (χ0v) is 14.7. The second kappa shape index (κ2) is 7.06. The molecule has 0 bridgehead atoms. The van der Waals surface area contributed by atoms with E-state index in [1.165, 1.54) is 0 Å². The Hall–Kier alpha value is -2.67. The van der Waals surface area contributed by atoms with Gasteiger partial charge >= 0.3 is 0 Å². The molecule has 0 radical (unpaired) electrons. The van der Waals surface area contributed by atoms with Crippen LogP contribution in [0.25, 0.3) is 11.1 Å². The second-order valence-corrected chi connectivity index (χ2v) is 6.30. The van der Waals surface area contributed by atoms with Crippen molar-refractivity contribution in [1.82, 2.24) is 20.5 Å². The Bertz CT molecular complexity index is 877. The number of rotatable bonds is 6. The lowest BCUT2D eigenvalue weighted by Crippen LogP contribution is -2.35. The van der Waals surface area contributed by atoms with E-state index in [1.807, 2.05) is 39.0 Å². The normalized spacial score (nSPS) is 12.5. The van der Waals surface area contributed by atoms with Crippen LogP contribution in [0.5, 0.6) is 0 Å². The molecule has 3 rings (SSSR count). The van der Waals surface area contributed by atoms with Gasteiger partial charge in [-0.1, -0.05) is 6.07 Å². The van der Waals surface area contributed by atoms with E-state index in [0.29, 0.717) is 18.9 Å². The fraction of sp³-hybridized carbons (Fsp3) is 0.389. The van der Waals surface area contributed by atoms with Gasteiger partial charge in [0.1, 0.15) is 11.6 Å². The van der Waals surface area contributed by atoms with Crippen molar-refractivity contribution in [3.63, 3.8) is 0 Å². The Morgan fingerprint density at radius 1 is 1.36 bits per heavy atom. The number of hydrogen-bond donors (Lipinski definition) is 3.